The summed E-state index contributed by atoms with van der Waals surface area (Å²) in [6, 6.07) is 9.50. The zero-order valence-electron chi connectivity index (χ0n) is 9.38. The van der Waals surface area contributed by atoms with E-state index in [9.17, 15) is 0 Å². The van der Waals surface area contributed by atoms with Gasteiger partial charge in [-0.3, -0.25) is 0 Å². The summed E-state index contributed by atoms with van der Waals surface area (Å²) in [6.07, 6.45) is 1.60. The molecule has 1 aromatic carbocycles. The first-order valence-corrected chi connectivity index (χ1v) is 5.17. The first kappa shape index (κ1) is 11.0. The van der Waals surface area contributed by atoms with Crippen molar-refractivity contribution in [3.05, 3.63) is 47.3 Å². The maximum absolute atomic E-state index is 8.78. The van der Waals surface area contributed by atoms with Crippen molar-refractivity contribution >= 4 is 5.95 Å². The van der Waals surface area contributed by atoms with Gasteiger partial charge in [0, 0.05) is 6.54 Å². The van der Waals surface area contributed by atoms with E-state index in [0.29, 0.717) is 18.1 Å². The second kappa shape index (κ2) is 5.03. The van der Waals surface area contributed by atoms with Crippen molar-refractivity contribution in [2.24, 2.45) is 0 Å². The Morgan fingerprint density at radius 3 is 3.06 bits per heavy atom. The molecular formula is C12H11N5. The molecule has 0 saturated heterocycles. The van der Waals surface area contributed by atoms with E-state index < -0.39 is 0 Å². The second-order valence-corrected chi connectivity index (χ2v) is 3.59. The Balaban J connectivity index is 2.05. The van der Waals surface area contributed by atoms with Gasteiger partial charge in [-0.1, -0.05) is 12.1 Å². The fourth-order valence-electron chi connectivity index (χ4n) is 1.39. The zero-order chi connectivity index (χ0) is 12.1. The Labute approximate surface area is 99.2 Å². The summed E-state index contributed by atoms with van der Waals surface area (Å²) in [5.41, 5.74) is 2.47. The molecule has 0 unspecified atom stereocenters. The highest BCUT2D eigenvalue weighted by molar-refractivity contribution is 5.34. The molecule has 17 heavy (non-hydrogen) atoms. The first-order chi connectivity index (χ1) is 8.28. The van der Waals surface area contributed by atoms with E-state index in [1.165, 1.54) is 0 Å². The van der Waals surface area contributed by atoms with E-state index in [4.69, 9.17) is 5.26 Å². The maximum Gasteiger partial charge on any atom is 0.243 e. The number of hydrogen-bond acceptors (Lipinski definition) is 5. The predicted molar refractivity (Wildman–Crippen MR) is 63.0 cm³/mol. The molecule has 0 aliphatic heterocycles. The van der Waals surface area contributed by atoms with Gasteiger partial charge in [-0.05, 0) is 24.6 Å². The summed E-state index contributed by atoms with van der Waals surface area (Å²) in [7, 11) is 0. The highest BCUT2D eigenvalue weighted by Gasteiger charge is 1.98. The van der Waals surface area contributed by atoms with Gasteiger partial charge in [-0.25, -0.2) is 4.98 Å². The monoisotopic (exact) mass is 225 g/mol. The molecule has 0 aliphatic carbocycles. The molecule has 0 saturated carbocycles. The van der Waals surface area contributed by atoms with Crippen LogP contribution in [0.2, 0.25) is 0 Å². The van der Waals surface area contributed by atoms with Crippen molar-refractivity contribution in [2.45, 2.75) is 13.5 Å². The Bertz CT molecular complexity index is 559. The van der Waals surface area contributed by atoms with E-state index in [1.54, 1.807) is 12.3 Å². The summed E-state index contributed by atoms with van der Waals surface area (Å²) in [5, 5.41) is 19.5. The van der Waals surface area contributed by atoms with Crippen LogP contribution in [0.3, 0.4) is 0 Å². The lowest BCUT2D eigenvalue weighted by molar-refractivity contribution is 0.921. The first-order valence-electron chi connectivity index (χ1n) is 5.17. The highest BCUT2D eigenvalue weighted by atomic mass is 15.2. The van der Waals surface area contributed by atoms with Crippen LogP contribution >= 0.6 is 0 Å². The van der Waals surface area contributed by atoms with Gasteiger partial charge in [0.25, 0.3) is 0 Å². The van der Waals surface area contributed by atoms with Crippen molar-refractivity contribution in [1.29, 1.82) is 5.26 Å². The second-order valence-electron chi connectivity index (χ2n) is 3.59. The highest BCUT2D eigenvalue weighted by Crippen LogP contribution is 2.06. The van der Waals surface area contributed by atoms with Crippen molar-refractivity contribution in [3.8, 4) is 6.07 Å². The van der Waals surface area contributed by atoms with Gasteiger partial charge >= 0.3 is 0 Å². The number of nitrogens with zero attached hydrogens (tertiary/aromatic N) is 4. The van der Waals surface area contributed by atoms with Crippen LogP contribution in [0.1, 0.15) is 16.8 Å². The van der Waals surface area contributed by atoms with Gasteiger partial charge in [-0.15, -0.1) is 5.10 Å². The number of aromatic nitrogens is 3. The Kier molecular flexibility index (Phi) is 3.26. The average molecular weight is 225 g/mol. The van der Waals surface area contributed by atoms with Crippen LogP contribution in [0.15, 0.2) is 30.5 Å². The molecule has 2 aromatic rings. The molecular weight excluding hydrogens is 214 g/mol. The zero-order valence-corrected chi connectivity index (χ0v) is 9.38. The minimum absolute atomic E-state index is 0.493. The molecule has 0 bridgehead atoms. The van der Waals surface area contributed by atoms with Crippen LogP contribution in [0.25, 0.3) is 0 Å². The van der Waals surface area contributed by atoms with Crippen LogP contribution in [0.5, 0.6) is 0 Å². The number of nitriles is 1. The lowest BCUT2D eigenvalue weighted by Crippen LogP contribution is -2.05. The van der Waals surface area contributed by atoms with Gasteiger partial charge in [0.1, 0.15) is 0 Å². The Morgan fingerprint density at radius 1 is 1.41 bits per heavy atom. The average Bonchev–Trinajstić information content (AvgIpc) is 2.37. The molecule has 0 fully saturated rings. The Hall–Kier alpha value is -2.48. The molecule has 0 aliphatic rings. The molecule has 1 heterocycles. The lowest BCUT2D eigenvalue weighted by atomic mass is 10.1. The van der Waals surface area contributed by atoms with Crippen molar-refractivity contribution < 1.29 is 0 Å². The summed E-state index contributed by atoms with van der Waals surface area (Å²) < 4.78 is 0. The van der Waals surface area contributed by atoms with Crippen molar-refractivity contribution in [1.82, 2.24) is 15.2 Å². The number of nitrogens with one attached hydrogen (secondary N) is 1. The van der Waals surface area contributed by atoms with Gasteiger partial charge in [0.05, 0.1) is 23.5 Å². The topological polar surface area (TPSA) is 74.5 Å². The molecule has 2 rings (SSSR count). The Morgan fingerprint density at radius 2 is 2.29 bits per heavy atom. The van der Waals surface area contributed by atoms with Crippen LogP contribution in [0, 0.1) is 18.3 Å². The van der Waals surface area contributed by atoms with Crippen LogP contribution in [0.4, 0.5) is 5.95 Å². The predicted octanol–water partition coefficient (Wildman–Crippen LogP) is 1.66. The van der Waals surface area contributed by atoms with E-state index in [0.717, 1.165) is 11.3 Å². The van der Waals surface area contributed by atoms with Crippen LogP contribution in [-0.2, 0) is 6.54 Å². The third-order valence-electron chi connectivity index (χ3n) is 2.19. The normalized spacial score (nSPS) is 9.65. The van der Waals surface area contributed by atoms with Crippen molar-refractivity contribution in [2.75, 3.05) is 5.32 Å². The van der Waals surface area contributed by atoms with Crippen molar-refractivity contribution in [3.63, 3.8) is 0 Å². The molecule has 0 spiro atoms. The molecule has 1 aromatic heterocycles. The number of rotatable bonds is 3. The summed E-state index contributed by atoms with van der Waals surface area (Å²) in [6.45, 7) is 2.43. The minimum atomic E-state index is 0.493. The van der Waals surface area contributed by atoms with E-state index in [-0.39, 0.29) is 0 Å². The maximum atomic E-state index is 8.78. The van der Waals surface area contributed by atoms with Crippen LogP contribution < -0.4 is 5.32 Å². The summed E-state index contributed by atoms with van der Waals surface area (Å²) in [5.74, 6) is 0.493. The quantitative estimate of drug-likeness (QED) is 0.859. The fraction of sp³-hybridized carbons (Fsp3) is 0.167. The number of anilines is 1. The lowest BCUT2D eigenvalue weighted by Gasteiger charge is -2.04. The number of benzene rings is 1. The minimum Gasteiger partial charge on any atom is -0.349 e. The molecule has 5 heteroatoms. The van der Waals surface area contributed by atoms with Crippen LogP contribution in [-0.4, -0.2) is 15.2 Å². The largest absolute Gasteiger partial charge is 0.349 e. The van der Waals surface area contributed by atoms with Gasteiger partial charge in [-0.2, -0.15) is 10.4 Å². The van der Waals surface area contributed by atoms with Gasteiger partial charge in [0.2, 0.25) is 5.95 Å². The molecule has 5 nitrogen and oxygen atoms in total. The molecule has 84 valence electrons. The standard InChI is InChI=1S/C12H11N5/c1-9-7-15-17-12(16-9)14-8-11-4-2-3-10(5-11)6-13/h2-5,7H,8H2,1H3,(H,14,16,17). The third-order valence-corrected chi connectivity index (χ3v) is 2.19. The van der Waals surface area contributed by atoms with Gasteiger partial charge < -0.3 is 5.32 Å². The summed E-state index contributed by atoms with van der Waals surface area (Å²) in [4.78, 5) is 4.18. The number of hydrogen-bond donors (Lipinski definition) is 1. The molecule has 0 radical (unpaired) electrons. The van der Waals surface area contributed by atoms with E-state index in [1.807, 2.05) is 25.1 Å². The SMILES string of the molecule is Cc1cnnc(NCc2cccc(C#N)c2)n1. The smallest absolute Gasteiger partial charge is 0.243 e. The van der Waals surface area contributed by atoms with E-state index >= 15 is 0 Å². The fourth-order valence-corrected chi connectivity index (χ4v) is 1.39. The molecule has 0 amide bonds. The third kappa shape index (κ3) is 2.98. The molecule has 0 atom stereocenters. The number of aryl methyl sites for hydroxylation is 1. The van der Waals surface area contributed by atoms with Gasteiger partial charge in [0.15, 0.2) is 0 Å². The summed E-state index contributed by atoms with van der Waals surface area (Å²) >= 11 is 0. The molecule has 1 N–H and O–H groups in total. The van der Waals surface area contributed by atoms with E-state index in [2.05, 4.69) is 26.6 Å².